The van der Waals surface area contributed by atoms with Crippen molar-refractivity contribution >= 4 is 40.8 Å². The Morgan fingerprint density at radius 1 is 1.13 bits per heavy atom. The van der Waals surface area contributed by atoms with Gasteiger partial charge >= 0.3 is 12.1 Å². The monoisotopic (exact) mass is 542 g/mol. The number of hydrogen-bond donors (Lipinski definition) is 1. The number of amides is 2. The summed E-state index contributed by atoms with van der Waals surface area (Å²) in [5, 5.41) is 10.1. The highest BCUT2D eigenvalue weighted by Gasteiger charge is 2.40. The maximum atomic E-state index is 14.0. The van der Waals surface area contributed by atoms with Gasteiger partial charge in [0, 0.05) is 37.3 Å². The molecule has 8 nitrogen and oxygen atoms in total. The number of ketones is 1. The van der Waals surface area contributed by atoms with Crippen molar-refractivity contribution < 1.29 is 29.0 Å². The summed E-state index contributed by atoms with van der Waals surface area (Å²) in [5.41, 5.74) is 0.115. The molecule has 0 unspecified atom stereocenters. The van der Waals surface area contributed by atoms with E-state index in [0.29, 0.717) is 42.3 Å². The summed E-state index contributed by atoms with van der Waals surface area (Å²) in [6.45, 7) is 8.81. The lowest BCUT2D eigenvalue weighted by Gasteiger charge is -2.34. The molecule has 2 amide bonds. The minimum atomic E-state index is -1.09. The molecule has 2 atom stereocenters. The average molecular weight is 543 g/mol. The van der Waals surface area contributed by atoms with Crippen LogP contribution >= 0.6 is 11.3 Å². The Balaban J connectivity index is 1.61. The average Bonchev–Trinajstić information content (AvgIpc) is 3.58. The highest BCUT2D eigenvalue weighted by atomic mass is 32.1. The van der Waals surface area contributed by atoms with E-state index < -0.39 is 18.2 Å². The minimum Gasteiger partial charge on any atom is -0.477 e. The number of ether oxygens (including phenoxy) is 1. The molecule has 2 aliphatic carbocycles. The van der Waals surface area contributed by atoms with E-state index in [4.69, 9.17) is 4.74 Å². The summed E-state index contributed by atoms with van der Waals surface area (Å²) in [6.07, 6.45) is 4.34. The number of nitrogens with zero attached hydrogens (tertiary/aromatic N) is 2. The molecule has 0 aromatic carbocycles. The summed E-state index contributed by atoms with van der Waals surface area (Å²) < 4.78 is 5.57. The third kappa shape index (κ3) is 6.76. The van der Waals surface area contributed by atoms with Crippen LogP contribution in [0, 0.1) is 29.1 Å². The molecule has 1 N–H and O–H groups in total. The number of aromatic carboxylic acids is 1. The Morgan fingerprint density at radius 2 is 1.84 bits per heavy atom. The minimum absolute atomic E-state index is 0.0749. The van der Waals surface area contributed by atoms with Crippen LogP contribution in [-0.2, 0) is 14.3 Å². The number of anilines is 1. The predicted molar refractivity (Wildman–Crippen MR) is 145 cm³/mol. The lowest BCUT2D eigenvalue weighted by atomic mass is 9.82. The normalized spacial score (nSPS) is 25.6. The van der Waals surface area contributed by atoms with Gasteiger partial charge in [0.15, 0.2) is 0 Å². The highest BCUT2D eigenvalue weighted by Crippen LogP contribution is 2.38. The fourth-order valence-corrected chi connectivity index (χ4v) is 6.28. The number of carboxylic acids is 1. The molecule has 38 heavy (non-hydrogen) atoms. The van der Waals surface area contributed by atoms with Crippen LogP contribution in [0.3, 0.4) is 0 Å². The van der Waals surface area contributed by atoms with E-state index in [2.05, 4.69) is 18.8 Å². The summed E-state index contributed by atoms with van der Waals surface area (Å²) in [7, 11) is 0. The van der Waals surface area contributed by atoms with Crippen LogP contribution < -0.4 is 4.90 Å². The molecule has 206 valence electrons. The standard InChI is InChI=1S/C29H38N2O6S/c1-18-5-7-19(8-6-18)26(33)31(24-16-23(11-13-29(2,3)4)38-25(24)27(34)35)20-12-14-30(17-20)28(36)37-22-10-9-21(32)15-22/h16,18-20,22H,5-10,12,14-15,17H2,1-4H3,(H,34,35)/t18?,19?,20-,22+/m0/s1. The van der Waals surface area contributed by atoms with E-state index in [-0.39, 0.29) is 46.9 Å². The molecule has 1 aliphatic heterocycles. The van der Waals surface area contributed by atoms with Crippen molar-refractivity contribution in [3.63, 3.8) is 0 Å². The van der Waals surface area contributed by atoms with Crippen molar-refractivity contribution in [2.45, 2.75) is 91.2 Å². The third-order valence-corrected chi connectivity index (χ3v) is 8.61. The molecule has 1 aromatic heterocycles. The van der Waals surface area contributed by atoms with E-state index >= 15 is 0 Å². The van der Waals surface area contributed by atoms with Crippen LogP contribution in [0.1, 0.15) is 93.6 Å². The largest absolute Gasteiger partial charge is 0.477 e. The number of hydrogen-bond acceptors (Lipinski definition) is 6. The molecule has 0 radical (unpaired) electrons. The molecule has 1 aromatic rings. The van der Waals surface area contributed by atoms with Crippen LogP contribution in [0.25, 0.3) is 0 Å². The lowest BCUT2D eigenvalue weighted by Crippen LogP contribution is -2.47. The zero-order valence-corrected chi connectivity index (χ0v) is 23.6. The number of thiophene rings is 1. The molecule has 2 saturated carbocycles. The van der Waals surface area contributed by atoms with Gasteiger partial charge in [0.2, 0.25) is 5.91 Å². The van der Waals surface area contributed by atoms with Crippen molar-refractivity contribution in [2.75, 3.05) is 18.0 Å². The van der Waals surface area contributed by atoms with Gasteiger partial charge in [0.1, 0.15) is 16.8 Å². The number of carbonyl (C=O) groups excluding carboxylic acids is 3. The number of rotatable bonds is 5. The van der Waals surface area contributed by atoms with Crippen molar-refractivity contribution in [3.05, 3.63) is 15.8 Å². The summed E-state index contributed by atoms with van der Waals surface area (Å²) in [4.78, 5) is 54.7. The topological polar surface area (TPSA) is 104 Å². The van der Waals surface area contributed by atoms with Crippen molar-refractivity contribution in [3.8, 4) is 11.8 Å². The molecule has 0 bridgehead atoms. The van der Waals surface area contributed by atoms with E-state index in [1.54, 1.807) is 15.9 Å². The second kappa shape index (κ2) is 11.5. The SMILES string of the molecule is CC1CCC(C(=O)N(c2cc(C#CC(C)(C)C)sc2C(=O)O)[C@H]2CCN(C(=O)O[C@@H]3CCC(=O)C3)C2)CC1. The van der Waals surface area contributed by atoms with Crippen molar-refractivity contribution in [2.24, 2.45) is 17.3 Å². The van der Waals surface area contributed by atoms with Crippen molar-refractivity contribution in [1.82, 2.24) is 4.90 Å². The number of carboxylic acid groups (broad SMARTS) is 1. The van der Waals surface area contributed by atoms with E-state index in [1.807, 2.05) is 20.8 Å². The maximum Gasteiger partial charge on any atom is 0.410 e. The number of Topliss-reactive ketones (excluding diaryl/α,β-unsaturated/α-hetero) is 1. The zero-order valence-electron chi connectivity index (χ0n) is 22.7. The second-order valence-electron chi connectivity index (χ2n) is 12.0. The molecular formula is C29H38N2O6S. The molecule has 4 rings (SSSR count). The quantitative estimate of drug-likeness (QED) is 0.504. The summed E-state index contributed by atoms with van der Waals surface area (Å²) in [5.74, 6) is 5.58. The molecule has 9 heteroatoms. The number of likely N-dealkylation sites (tertiary alicyclic amines) is 1. The molecule has 2 heterocycles. The molecule has 3 aliphatic rings. The second-order valence-corrected chi connectivity index (χ2v) is 13.0. The summed E-state index contributed by atoms with van der Waals surface area (Å²) in [6, 6.07) is 1.36. The zero-order chi connectivity index (χ0) is 27.6. The van der Waals surface area contributed by atoms with Gasteiger partial charge in [-0.05, 0) is 71.3 Å². The van der Waals surface area contributed by atoms with Crippen LogP contribution in [0.15, 0.2) is 6.07 Å². The molecule has 1 saturated heterocycles. The van der Waals surface area contributed by atoms with Gasteiger partial charge in [-0.15, -0.1) is 11.3 Å². The predicted octanol–water partition coefficient (Wildman–Crippen LogP) is 5.34. The van der Waals surface area contributed by atoms with E-state index in [9.17, 15) is 24.3 Å². The molecular weight excluding hydrogens is 504 g/mol. The van der Waals surface area contributed by atoms with Crippen LogP contribution in [0.2, 0.25) is 0 Å². The van der Waals surface area contributed by atoms with Gasteiger partial charge in [0.05, 0.1) is 16.6 Å². The van der Waals surface area contributed by atoms with Crippen LogP contribution in [0.4, 0.5) is 10.5 Å². The highest BCUT2D eigenvalue weighted by molar-refractivity contribution is 7.15. The van der Waals surface area contributed by atoms with E-state index in [1.165, 1.54) is 0 Å². The molecule has 3 fully saturated rings. The first kappa shape index (κ1) is 28.2. The smallest absolute Gasteiger partial charge is 0.410 e. The van der Waals surface area contributed by atoms with Crippen LogP contribution in [0.5, 0.6) is 0 Å². The Kier molecular flexibility index (Phi) is 8.51. The molecule has 0 spiro atoms. The fourth-order valence-electron chi connectivity index (χ4n) is 5.44. The first-order valence-corrected chi connectivity index (χ1v) is 14.4. The van der Waals surface area contributed by atoms with Gasteiger partial charge < -0.3 is 19.6 Å². The number of carbonyl (C=O) groups is 4. The Hall–Kier alpha value is -2.86. The fraction of sp³-hybridized carbons (Fsp3) is 0.655. The van der Waals surface area contributed by atoms with Gasteiger partial charge in [-0.3, -0.25) is 9.59 Å². The maximum absolute atomic E-state index is 14.0. The lowest BCUT2D eigenvalue weighted by molar-refractivity contribution is -0.124. The van der Waals surface area contributed by atoms with Gasteiger partial charge in [-0.1, -0.05) is 18.8 Å². The van der Waals surface area contributed by atoms with Gasteiger partial charge in [-0.2, -0.15) is 0 Å². The van der Waals surface area contributed by atoms with Gasteiger partial charge in [-0.25, -0.2) is 9.59 Å². The van der Waals surface area contributed by atoms with Crippen LogP contribution in [-0.4, -0.2) is 59.0 Å². The third-order valence-electron chi connectivity index (χ3n) is 7.58. The Morgan fingerprint density at radius 3 is 2.45 bits per heavy atom. The van der Waals surface area contributed by atoms with Gasteiger partial charge in [0.25, 0.3) is 0 Å². The Bertz CT molecular complexity index is 1150. The Labute approximate surface area is 228 Å². The first-order chi connectivity index (χ1) is 17.9. The van der Waals surface area contributed by atoms with Crippen molar-refractivity contribution in [1.29, 1.82) is 0 Å². The van der Waals surface area contributed by atoms with E-state index in [0.717, 1.165) is 37.0 Å². The first-order valence-electron chi connectivity index (χ1n) is 13.6. The summed E-state index contributed by atoms with van der Waals surface area (Å²) >= 11 is 1.08.